The number of imidazole rings is 1. The molecule has 0 aliphatic heterocycles. The third-order valence-electron chi connectivity index (χ3n) is 3.80. The van der Waals surface area contributed by atoms with Crippen LogP contribution in [-0.2, 0) is 16.4 Å². The van der Waals surface area contributed by atoms with E-state index in [9.17, 15) is 17.6 Å². The Hall–Kier alpha value is -2.78. The first-order valence-electron chi connectivity index (χ1n) is 7.90. The second-order valence-corrected chi connectivity index (χ2v) is 7.32. The predicted octanol–water partition coefficient (Wildman–Crippen LogP) is 2.33. The van der Waals surface area contributed by atoms with Gasteiger partial charge in [-0.15, -0.1) is 0 Å². The Morgan fingerprint density at radius 3 is 2.54 bits per heavy atom. The molecule has 0 unspecified atom stereocenters. The van der Waals surface area contributed by atoms with Crippen LogP contribution in [0.4, 0.5) is 10.1 Å². The third kappa shape index (κ3) is 3.58. The first-order chi connectivity index (χ1) is 12.3. The van der Waals surface area contributed by atoms with Crippen LogP contribution in [-0.4, -0.2) is 23.7 Å². The normalized spacial score (nSPS) is 11.7. The lowest BCUT2D eigenvalue weighted by molar-refractivity contribution is 0.102. The maximum atomic E-state index is 13.6. The highest BCUT2D eigenvalue weighted by Crippen LogP contribution is 2.19. The number of nitrogens with one attached hydrogen (secondary N) is 1. The number of hydrogen-bond donors (Lipinski definition) is 2. The van der Waals surface area contributed by atoms with E-state index in [-0.39, 0.29) is 10.6 Å². The quantitative estimate of drug-likeness (QED) is 0.713. The molecule has 0 saturated heterocycles. The van der Waals surface area contributed by atoms with Crippen molar-refractivity contribution in [2.75, 3.05) is 5.32 Å². The molecular formula is C17H17FN4O3S. The maximum Gasteiger partial charge on any atom is 0.274 e. The van der Waals surface area contributed by atoms with Gasteiger partial charge in [-0.3, -0.25) is 9.20 Å². The number of pyridine rings is 1. The molecule has 0 fully saturated rings. The molecule has 26 heavy (non-hydrogen) atoms. The maximum absolute atomic E-state index is 13.6. The van der Waals surface area contributed by atoms with Gasteiger partial charge in [-0.25, -0.2) is 22.9 Å². The predicted molar refractivity (Wildman–Crippen MR) is 94.9 cm³/mol. The molecule has 0 atom stereocenters. The van der Waals surface area contributed by atoms with Gasteiger partial charge in [-0.1, -0.05) is 13.3 Å². The van der Waals surface area contributed by atoms with Crippen LogP contribution in [0.2, 0.25) is 0 Å². The fourth-order valence-electron chi connectivity index (χ4n) is 2.64. The van der Waals surface area contributed by atoms with Crippen molar-refractivity contribution in [1.29, 1.82) is 0 Å². The number of hydrogen-bond acceptors (Lipinski definition) is 4. The van der Waals surface area contributed by atoms with E-state index >= 15 is 0 Å². The summed E-state index contributed by atoms with van der Waals surface area (Å²) in [6.07, 6.45) is 2.55. The Balaban J connectivity index is 1.96. The molecule has 0 radical (unpaired) electrons. The number of rotatable bonds is 5. The zero-order chi connectivity index (χ0) is 18.9. The highest BCUT2D eigenvalue weighted by atomic mass is 32.2. The van der Waals surface area contributed by atoms with Gasteiger partial charge >= 0.3 is 0 Å². The molecular weight excluding hydrogens is 359 g/mol. The molecule has 7 nitrogen and oxygen atoms in total. The van der Waals surface area contributed by atoms with Crippen molar-refractivity contribution in [3.8, 4) is 0 Å². The average molecular weight is 376 g/mol. The topological polar surface area (TPSA) is 107 Å². The monoisotopic (exact) mass is 376 g/mol. The van der Waals surface area contributed by atoms with Crippen molar-refractivity contribution in [1.82, 2.24) is 9.38 Å². The van der Waals surface area contributed by atoms with Crippen LogP contribution in [0.1, 0.15) is 29.5 Å². The van der Waals surface area contributed by atoms with Crippen LogP contribution in [0, 0.1) is 5.82 Å². The number of nitrogens with zero attached hydrogens (tertiary/aromatic N) is 2. The molecule has 2 heterocycles. The van der Waals surface area contributed by atoms with Crippen LogP contribution in [0.3, 0.4) is 0 Å². The van der Waals surface area contributed by atoms with Crippen molar-refractivity contribution in [2.24, 2.45) is 5.14 Å². The number of benzene rings is 1. The summed E-state index contributed by atoms with van der Waals surface area (Å²) in [6, 6.07) is 8.25. The minimum atomic E-state index is -3.81. The largest absolute Gasteiger partial charge is 0.321 e. The molecule has 0 aliphatic rings. The summed E-state index contributed by atoms with van der Waals surface area (Å²) in [6.45, 7) is 1.96. The number of carbonyl (C=O) groups excluding carboxylic acids is 1. The zero-order valence-electron chi connectivity index (χ0n) is 13.9. The number of primary sulfonamides is 1. The molecule has 3 aromatic rings. The van der Waals surface area contributed by atoms with E-state index in [1.54, 1.807) is 0 Å². The molecule has 0 aliphatic carbocycles. The summed E-state index contributed by atoms with van der Waals surface area (Å²) >= 11 is 0. The lowest BCUT2D eigenvalue weighted by Crippen LogP contribution is -2.17. The number of fused-ring (bicyclic) bond motifs is 1. The molecule has 0 spiro atoms. The standard InChI is InChI=1S/C17H17FN4O3S/c1-2-3-14-16(22-10-11(18)4-9-15(22)21-14)17(23)20-12-5-7-13(8-6-12)26(19,24)25/h4-10H,2-3H2,1H3,(H,20,23)(H2,19,24,25). The van der Waals surface area contributed by atoms with Crippen LogP contribution in [0.5, 0.6) is 0 Å². The average Bonchev–Trinajstić information content (AvgIpc) is 2.92. The number of aromatic nitrogens is 2. The Labute approximate surface area is 149 Å². The first-order valence-corrected chi connectivity index (χ1v) is 9.45. The molecule has 9 heteroatoms. The Bertz CT molecular complexity index is 1080. The van der Waals surface area contributed by atoms with Crippen molar-refractivity contribution in [3.05, 3.63) is 59.8 Å². The summed E-state index contributed by atoms with van der Waals surface area (Å²) in [7, 11) is -3.81. The molecule has 0 bridgehead atoms. The summed E-state index contributed by atoms with van der Waals surface area (Å²) in [5.74, 6) is -0.945. The van der Waals surface area contributed by atoms with Gasteiger partial charge in [0, 0.05) is 11.9 Å². The van der Waals surface area contributed by atoms with Gasteiger partial charge in [0.25, 0.3) is 5.91 Å². The molecule has 3 rings (SSSR count). The lowest BCUT2D eigenvalue weighted by atomic mass is 10.2. The minimum Gasteiger partial charge on any atom is -0.321 e. The van der Waals surface area contributed by atoms with E-state index in [1.165, 1.54) is 47.0 Å². The van der Waals surface area contributed by atoms with Crippen LogP contribution in [0.25, 0.3) is 5.65 Å². The second kappa shape index (κ2) is 6.85. The molecule has 1 aromatic carbocycles. The zero-order valence-corrected chi connectivity index (χ0v) is 14.8. The molecule has 2 aromatic heterocycles. The van der Waals surface area contributed by atoms with Gasteiger partial charge in [0.05, 0.1) is 10.6 Å². The first kappa shape index (κ1) is 18.0. The summed E-state index contributed by atoms with van der Waals surface area (Å²) < 4.78 is 37.6. The van der Waals surface area contributed by atoms with E-state index < -0.39 is 21.7 Å². The van der Waals surface area contributed by atoms with Crippen LogP contribution >= 0.6 is 0 Å². The van der Waals surface area contributed by atoms with Crippen molar-refractivity contribution < 1.29 is 17.6 Å². The van der Waals surface area contributed by atoms with Gasteiger partial charge in [0.1, 0.15) is 17.2 Å². The summed E-state index contributed by atoms with van der Waals surface area (Å²) in [4.78, 5) is 17.1. The van der Waals surface area contributed by atoms with Gasteiger partial charge in [0.2, 0.25) is 10.0 Å². The van der Waals surface area contributed by atoms with E-state index in [1.807, 2.05) is 6.92 Å². The minimum absolute atomic E-state index is 0.0564. The summed E-state index contributed by atoms with van der Waals surface area (Å²) in [5, 5.41) is 7.73. The fourth-order valence-corrected chi connectivity index (χ4v) is 3.15. The number of sulfonamides is 1. The second-order valence-electron chi connectivity index (χ2n) is 5.76. The van der Waals surface area contributed by atoms with Gasteiger partial charge in [0.15, 0.2) is 0 Å². The number of nitrogens with two attached hydrogens (primary N) is 1. The van der Waals surface area contributed by atoms with Gasteiger partial charge in [-0.2, -0.15) is 0 Å². The highest BCUT2D eigenvalue weighted by Gasteiger charge is 2.19. The molecule has 3 N–H and O–H groups in total. The number of halogens is 1. The number of aryl methyl sites for hydroxylation is 1. The lowest BCUT2D eigenvalue weighted by Gasteiger charge is -2.08. The highest BCUT2D eigenvalue weighted by molar-refractivity contribution is 7.89. The van der Waals surface area contributed by atoms with E-state index in [2.05, 4.69) is 10.3 Å². The van der Waals surface area contributed by atoms with Crippen LogP contribution < -0.4 is 10.5 Å². The molecule has 0 saturated carbocycles. The number of amides is 1. The third-order valence-corrected chi connectivity index (χ3v) is 4.73. The number of carbonyl (C=O) groups is 1. The molecule has 1 amide bonds. The van der Waals surface area contributed by atoms with E-state index in [0.717, 1.165) is 6.42 Å². The van der Waals surface area contributed by atoms with Crippen molar-refractivity contribution >= 4 is 27.3 Å². The van der Waals surface area contributed by atoms with Gasteiger partial charge < -0.3 is 5.32 Å². The number of anilines is 1. The summed E-state index contributed by atoms with van der Waals surface area (Å²) in [5.41, 5.74) is 1.68. The van der Waals surface area contributed by atoms with Gasteiger partial charge in [-0.05, 0) is 42.8 Å². The molecule has 136 valence electrons. The Morgan fingerprint density at radius 2 is 1.92 bits per heavy atom. The van der Waals surface area contributed by atoms with Crippen LogP contribution in [0.15, 0.2) is 47.5 Å². The Kier molecular flexibility index (Phi) is 4.75. The SMILES string of the molecule is CCCc1nc2ccc(F)cn2c1C(=O)Nc1ccc(S(N)(=O)=O)cc1. The van der Waals surface area contributed by atoms with E-state index in [4.69, 9.17) is 5.14 Å². The smallest absolute Gasteiger partial charge is 0.274 e. The fraction of sp³-hybridized carbons (Fsp3) is 0.176. The van der Waals surface area contributed by atoms with Crippen molar-refractivity contribution in [3.63, 3.8) is 0 Å². The van der Waals surface area contributed by atoms with E-state index in [0.29, 0.717) is 23.4 Å². The Morgan fingerprint density at radius 1 is 1.23 bits per heavy atom. The van der Waals surface area contributed by atoms with Crippen molar-refractivity contribution in [2.45, 2.75) is 24.7 Å².